The summed E-state index contributed by atoms with van der Waals surface area (Å²) in [6.07, 6.45) is -0.456. The summed E-state index contributed by atoms with van der Waals surface area (Å²) in [6, 6.07) is 6.64. The number of rotatable bonds is 8. The molecule has 2 aromatic carbocycles. The van der Waals surface area contributed by atoms with Crippen LogP contribution in [0.3, 0.4) is 0 Å². The predicted octanol–water partition coefficient (Wildman–Crippen LogP) is 4.70. The second-order valence-corrected chi connectivity index (χ2v) is 9.58. The predicted molar refractivity (Wildman–Crippen MR) is 139 cm³/mol. The quantitative estimate of drug-likeness (QED) is 0.292. The maximum atomic E-state index is 13.6. The Labute approximate surface area is 231 Å². The van der Waals surface area contributed by atoms with Crippen LogP contribution in [0.1, 0.15) is 0 Å². The summed E-state index contributed by atoms with van der Waals surface area (Å²) in [4.78, 5) is 23.1. The molecule has 3 aromatic rings. The molecule has 0 spiro atoms. The molecule has 14 heteroatoms. The van der Waals surface area contributed by atoms with E-state index in [4.69, 9.17) is 25.8 Å². The summed E-state index contributed by atoms with van der Waals surface area (Å²) >= 11 is 5.86. The Morgan fingerprint density at radius 3 is 2.60 bits per heavy atom. The Hall–Kier alpha value is -3.52. The van der Waals surface area contributed by atoms with Gasteiger partial charge in [-0.15, -0.1) is 0 Å². The molecule has 0 saturated carbocycles. The molecular formula is C26H24ClF4N5O4. The van der Waals surface area contributed by atoms with E-state index in [1.807, 2.05) is 0 Å². The van der Waals surface area contributed by atoms with Gasteiger partial charge >= 0.3 is 6.18 Å². The summed E-state index contributed by atoms with van der Waals surface area (Å²) in [5, 5.41) is 5.81. The number of fused-ring (bicyclic) bond motifs is 2. The molecule has 0 radical (unpaired) electrons. The highest BCUT2D eigenvalue weighted by Gasteiger charge is 2.36. The van der Waals surface area contributed by atoms with E-state index in [2.05, 4.69) is 25.5 Å². The van der Waals surface area contributed by atoms with Crippen molar-refractivity contribution >= 4 is 45.6 Å². The van der Waals surface area contributed by atoms with E-state index in [1.54, 1.807) is 6.08 Å². The number of carbonyl (C=O) groups is 1. The molecule has 2 aliphatic rings. The third kappa shape index (κ3) is 6.97. The highest BCUT2D eigenvalue weighted by molar-refractivity contribution is 6.31. The molecule has 2 atom stereocenters. The first-order valence-corrected chi connectivity index (χ1v) is 12.7. The molecule has 212 valence electrons. The molecule has 0 bridgehead atoms. The van der Waals surface area contributed by atoms with Gasteiger partial charge in [0.05, 0.1) is 41.6 Å². The molecular weight excluding hydrogens is 558 g/mol. The van der Waals surface area contributed by atoms with Gasteiger partial charge in [-0.2, -0.15) is 13.2 Å². The Bertz CT molecular complexity index is 1410. The minimum absolute atomic E-state index is 0.00197. The van der Waals surface area contributed by atoms with Gasteiger partial charge in [-0.1, -0.05) is 17.7 Å². The Morgan fingerprint density at radius 2 is 1.90 bits per heavy atom. The van der Waals surface area contributed by atoms with Crippen LogP contribution in [0, 0.1) is 5.82 Å². The van der Waals surface area contributed by atoms with E-state index in [1.165, 1.54) is 42.7 Å². The van der Waals surface area contributed by atoms with Crippen molar-refractivity contribution in [3.63, 3.8) is 0 Å². The number of amides is 1. The maximum absolute atomic E-state index is 13.6. The zero-order valence-corrected chi connectivity index (χ0v) is 21.6. The normalized spacial score (nSPS) is 19.6. The molecule has 9 nitrogen and oxygen atoms in total. The van der Waals surface area contributed by atoms with Crippen LogP contribution in [-0.2, 0) is 14.3 Å². The number of anilines is 3. The largest absolute Gasteiger partial charge is 0.482 e. The highest BCUT2D eigenvalue weighted by Crippen LogP contribution is 2.35. The van der Waals surface area contributed by atoms with E-state index < -0.39 is 24.5 Å². The van der Waals surface area contributed by atoms with Crippen LogP contribution in [0.15, 0.2) is 48.8 Å². The van der Waals surface area contributed by atoms with Gasteiger partial charge in [0.15, 0.2) is 6.61 Å². The second kappa shape index (κ2) is 11.9. The fraction of sp³-hybridized carbons (Fsp3) is 0.346. The van der Waals surface area contributed by atoms with Crippen LogP contribution in [-0.4, -0.2) is 78.6 Å². The van der Waals surface area contributed by atoms with Crippen molar-refractivity contribution in [3.8, 4) is 5.75 Å². The molecule has 5 rings (SSSR count). The average molecular weight is 582 g/mol. The van der Waals surface area contributed by atoms with Crippen LogP contribution < -0.4 is 15.4 Å². The first kappa shape index (κ1) is 28.0. The number of benzene rings is 2. The zero-order valence-electron chi connectivity index (χ0n) is 20.9. The van der Waals surface area contributed by atoms with Crippen LogP contribution >= 0.6 is 11.6 Å². The number of alkyl halides is 3. The lowest BCUT2D eigenvalue weighted by atomic mass is 10.1. The molecule has 1 aromatic heterocycles. The molecule has 2 N–H and O–H groups in total. The standard InChI is InChI=1S/C26H24ClF4N5O4/c27-17-8-15(3-4-18(17)28)34-25-16-9-20(21(40-13-26(29,30)31)10-19(16)32-14-33-25)35-24(37)2-1-5-36-11-22-23(12-36)39-7-6-38-22/h1-4,8-10,14,22-23H,5-7,11-13H2,(H,35,37)(H,32,33,34)/t22-,23+. The van der Waals surface area contributed by atoms with E-state index in [9.17, 15) is 22.4 Å². The average Bonchev–Trinajstić information content (AvgIpc) is 3.32. The Morgan fingerprint density at radius 1 is 1.15 bits per heavy atom. The van der Waals surface area contributed by atoms with Gasteiger partial charge in [-0.05, 0) is 24.3 Å². The van der Waals surface area contributed by atoms with Crippen LogP contribution in [0.2, 0.25) is 5.02 Å². The number of ether oxygens (including phenoxy) is 3. The van der Waals surface area contributed by atoms with Gasteiger partial charge < -0.3 is 24.8 Å². The van der Waals surface area contributed by atoms with Crippen molar-refractivity contribution in [1.29, 1.82) is 0 Å². The second-order valence-electron chi connectivity index (χ2n) is 9.17. The first-order chi connectivity index (χ1) is 19.1. The summed E-state index contributed by atoms with van der Waals surface area (Å²) in [5.74, 6) is -1.15. The van der Waals surface area contributed by atoms with Crippen molar-refractivity contribution < 1.29 is 36.6 Å². The van der Waals surface area contributed by atoms with E-state index >= 15 is 0 Å². The fourth-order valence-electron chi connectivity index (χ4n) is 4.44. The maximum Gasteiger partial charge on any atom is 0.422 e. The topological polar surface area (TPSA) is 97.8 Å². The van der Waals surface area contributed by atoms with Crippen molar-refractivity contribution in [2.75, 3.05) is 50.1 Å². The van der Waals surface area contributed by atoms with Gasteiger partial charge in [0.2, 0.25) is 5.91 Å². The number of nitrogens with one attached hydrogen (secondary N) is 2. The first-order valence-electron chi connectivity index (χ1n) is 12.3. The lowest BCUT2D eigenvalue weighted by Crippen LogP contribution is -2.36. The number of nitrogens with zero attached hydrogens (tertiary/aromatic N) is 3. The number of hydrogen-bond acceptors (Lipinski definition) is 8. The SMILES string of the molecule is O=C(C=CCN1C[C@@H]2OCCO[C@@H]2C1)Nc1cc2c(Nc3ccc(F)c(Cl)c3)ncnc2cc1OCC(F)(F)F. The van der Waals surface area contributed by atoms with Gasteiger partial charge in [-0.25, -0.2) is 14.4 Å². The minimum Gasteiger partial charge on any atom is -0.482 e. The number of halogens is 5. The van der Waals surface area contributed by atoms with Crippen LogP contribution in [0.5, 0.6) is 5.75 Å². The molecule has 1 amide bonds. The highest BCUT2D eigenvalue weighted by atomic mass is 35.5. The smallest absolute Gasteiger partial charge is 0.422 e. The van der Waals surface area contributed by atoms with E-state index in [-0.39, 0.29) is 40.0 Å². The molecule has 2 saturated heterocycles. The Balaban J connectivity index is 1.35. The number of likely N-dealkylation sites (tertiary alicyclic amines) is 1. The lowest BCUT2D eigenvalue weighted by molar-refractivity contribution is -0.153. The Kier molecular flexibility index (Phi) is 8.35. The third-order valence-corrected chi connectivity index (χ3v) is 6.53. The minimum atomic E-state index is -4.60. The summed E-state index contributed by atoms with van der Waals surface area (Å²) in [7, 11) is 0. The van der Waals surface area contributed by atoms with Crippen molar-refractivity contribution in [2.45, 2.75) is 18.4 Å². The fourth-order valence-corrected chi connectivity index (χ4v) is 4.62. The monoisotopic (exact) mass is 581 g/mol. The summed E-state index contributed by atoms with van der Waals surface area (Å²) < 4.78 is 68.7. The number of aromatic nitrogens is 2. The van der Waals surface area contributed by atoms with E-state index in [0.29, 0.717) is 43.9 Å². The third-order valence-electron chi connectivity index (χ3n) is 6.24. The van der Waals surface area contributed by atoms with Crippen LogP contribution in [0.25, 0.3) is 10.9 Å². The van der Waals surface area contributed by atoms with E-state index in [0.717, 1.165) is 0 Å². The van der Waals surface area contributed by atoms with Gasteiger partial charge in [0, 0.05) is 42.9 Å². The number of carbonyl (C=O) groups excluding carboxylic acids is 1. The van der Waals surface area contributed by atoms with Crippen molar-refractivity contribution in [3.05, 3.63) is 59.7 Å². The molecule has 2 aliphatic heterocycles. The molecule has 3 heterocycles. The van der Waals surface area contributed by atoms with Gasteiger partial charge in [0.25, 0.3) is 0 Å². The van der Waals surface area contributed by atoms with Crippen LogP contribution in [0.4, 0.5) is 34.8 Å². The number of hydrogen-bond donors (Lipinski definition) is 2. The van der Waals surface area contributed by atoms with Gasteiger partial charge in [0.1, 0.15) is 23.7 Å². The summed E-state index contributed by atoms with van der Waals surface area (Å²) in [6.45, 7) is 1.35. The lowest BCUT2D eigenvalue weighted by Gasteiger charge is -2.24. The molecule has 2 fully saturated rings. The molecule has 0 unspecified atom stereocenters. The van der Waals surface area contributed by atoms with Gasteiger partial charge in [-0.3, -0.25) is 9.69 Å². The molecule has 40 heavy (non-hydrogen) atoms. The van der Waals surface area contributed by atoms with Crippen molar-refractivity contribution in [1.82, 2.24) is 14.9 Å². The molecule has 0 aliphatic carbocycles. The summed E-state index contributed by atoms with van der Waals surface area (Å²) in [5.41, 5.74) is 0.640. The zero-order chi connectivity index (χ0) is 28.3. The van der Waals surface area contributed by atoms with Crippen molar-refractivity contribution in [2.24, 2.45) is 0 Å².